The Morgan fingerprint density at radius 3 is 1.93 bits per heavy atom. The van der Waals surface area contributed by atoms with E-state index in [0.717, 1.165) is 0 Å². The molecule has 1 aliphatic rings. The lowest BCUT2D eigenvalue weighted by Gasteiger charge is -2.43. The molecule has 90 valence electrons. The smallest absolute Gasteiger partial charge is 0.114 e. The number of hydrogen-bond donors (Lipinski definition) is 0. The zero-order chi connectivity index (χ0) is 11.4. The fraction of sp³-hybridized carbons (Fsp3) is 1.00. The molecule has 5 atom stereocenters. The van der Waals surface area contributed by atoms with Gasteiger partial charge in [0.25, 0.3) is 0 Å². The molecule has 0 radical (unpaired) electrons. The first-order valence-corrected chi connectivity index (χ1v) is 5.48. The summed E-state index contributed by atoms with van der Waals surface area (Å²) in [6.45, 7) is 6.63. The van der Waals surface area contributed by atoms with Crippen molar-refractivity contribution in [2.45, 2.75) is 51.3 Å². The van der Waals surface area contributed by atoms with Crippen LogP contribution in [0.2, 0.25) is 0 Å². The summed E-state index contributed by atoms with van der Waals surface area (Å²) in [6.07, 6.45) is -0.111. The summed E-state index contributed by atoms with van der Waals surface area (Å²) in [5.74, 6) is 0. The quantitative estimate of drug-likeness (QED) is 0.711. The van der Waals surface area contributed by atoms with E-state index >= 15 is 0 Å². The summed E-state index contributed by atoms with van der Waals surface area (Å²) in [6, 6.07) is 0. The van der Waals surface area contributed by atoms with Crippen LogP contribution in [-0.2, 0) is 18.9 Å². The minimum Gasteiger partial charge on any atom is -0.376 e. The molecule has 0 amide bonds. The first-order valence-electron chi connectivity index (χ1n) is 5.48. The summed E-state index contributed by atoms with van der Waals surface area (Å²) >= 11 is 0. The lowest BCUT2D eigenvalue weighted by atomic mass is 9.96. The van der Waals surface area contributed by atoms with Crippen molar-refractivity contribution in [1.29, 1.82) is 0 Å². The van der Waals surface area contributed by atoms with Gasteiger partial charge in [0.2, 0.25) is 0 Å². The first-order chi connectivity index (χ1) is 7.15. The second-order valence-electron chi connectivity index (χ2n) is 3.87. The Morgan fingerprint density at radius 1 is 0.933 bits per heavy atom. The fourth-order valence-electron chi connectivity index (χ4n) is 2.23. The Bertz CT molecular complexity index is 185. The zero-order valence-electron chi connectivity index (χ0n) is 10.2. The first kappa shape index (κ1) is 12.9. The fourth-order valence-corrected chi connectivity index (χ4v) is 2.23. The molecule has 0 aromatic rings. The third-order valence-electron chi connectivity index (χ3n) is 2.91. The predicted octanol–water partition coefficient (Wildman–Crippen LogP) is 1.23. The highest BCUT2D eigenvalue weighted by Gasteiger charge is 2.43. The number of methoxy groups -OCH3 is 2. The Labute approximate surface area is 91.8 Å². The molecule has 0 saturated carbocycles. The third kappa shape index (κ3) is 2.69. The molecule has 0 aromatic carbocycles. The lowest BCUT2D eigenvalue weighted by molar-refractivity contribution is -0.238. The van der Waals surface area contributed by atoms with Crippen molar-refractivity contribution in [1.82, 2.24) is 0 Å². The Kier molecular flexibility index (Phi) is 4.99. The van der Waals surface area contributed by atoms with Crippen molar-refractivity contribution >= 4 is 0 Å². The van der Waals surface area contributed by atoms with E-state index in [1.165, 1.54) is 0 Å². The van der Waals surface area contributed by atoms with E-state index in [4.69, 9.17) is 18.9 Å². The highest BCUT2D eigenvalue weighted by atomic mass is 16.6. The van der Waals surface area contributed by atoms with Gasteiger partial charge in [-0.1, -0.05) is 0 Å². The van der Waals surface area contributed by atoms with Gasteiger partial charge in [-0.2, -0.15) is 0 Å². The number of hydrogen-bond acceptors (Lipinski definition) is 4. The molecule has 0 bridgehead atoms. The summed E-state index contributed by atoms with van der Waals surface area (Å²) < 4.78 is 22.3. The highest BCUT2D eigenvalue weighted by Crippen LogP contribution is 2.26. The van der Waals surface area contributed by atoms with Gasteiger partial charge in [-0.25, -0.2) is 0 Å². The molecular formula is C11H22O4. The normalized spacial score (nSPS) is 41.8. The average Bonchev–Trinajstić information content (AvgIpc) is 2.21. The Balaban J connectivity index is 2.75. The summed E-state index contributed by atoms with van der Waals surface area (Å²) in [5, 5.41) is 0. The van der Waals surface area contributed by atoms with Crippen molar-refractivity contribution < 1.29 is 18.9 Å². The van der Waals surface area contributed by atoms with E-state index in [9.17, 15) is 0 Å². The molecule has 0 spiro atoms. The maximum absolute atomic E-state index is 5.76. The lowest BCUT2D eigenvalue weighted by Crippen LogP contribution is -2.58. The van der Waals surface area contributed by atoms with Crippen molar-refractivity contribution in [3.63, 3.8) is 0 Å². The van der Waals surface area contributed by atoms with Crippen molar-refractivity contribution in [3.05, 3.63) is 0 Å². The van der Waals surface area contributed by atoms with Crippen LogP contribution >= 0.6 is 0 Å². The third-order valence-corrected chi connectivity index (χ3v) is 2.91. The van der Waals surface area contributed by atoms with Gasteiger partial charge >= 0.3 is 0 Å². The maximum Gasteiger partial charge on any atom is 0.114 e. The number of rotatable bonds is 4. The Hall–Kier alpha value is -0.160. The summed E-state index contributed by atoms with van der Waals surface area (Å²) in [4.78, 5) is 0. The van der Waals surface area contributed by atoms with Gasteiger partial charge in [-0.15, -0.1) is 0 Å². The van der Waals surface area contributed by atoms with Crippen molar-refractivity contribution in [2.75, 3.05) is 20.8 Å². The van der Waals surface area contributed by atoms with Crippen LogP contribution < -0.4 is 0 Å². The molecule has 1 aliphatic heterocycles. The summed E-state index contributed by atoms with van der Waals surface area (Å²) in [5.41, 5.74) is 0. The van der Waals surface area contributed by atoms with Crippen LogP contribution in [-0.4, -0.2) is 51.3 Å². The molecule has 1 unspecified atom stereocenters. The molecule has 0 N–H and O–H groups in total. The molecule has 1 rings (SSSR count). The van der Waals surface area contributed by atoms with E-state index in [2.05, 4.69) is 0 Å². The van der Waals surface area contributed by atoms with Crippen molar-refractivity contribution in [2.24, 2.45) is 0 Å². The van der Waals surface area contributed by atoms with Crippen LogP contribution in [0, 0.1) is 0 Å². The minimum absolute atomic E-state index is 0.0339. The van der Waals surface area contributed by atoms with Gasteiger partial charge < -0.3 is 18.9 Å². The molecule has 4 nitrogen and oxygen atoms in total. The molecular weight excluding hydrogens is 196 g/mol. The average molecular weight is 218 g/mol. The van der Waals surface area contributed by atoms with Crippen LogP contribution in [0.5, 0.6) is 0 Å². The molecule has 15 heavy (non-hydrogen) atoms. The van der Waals surface area contributed by atoms with Gasteiger partial charge in [-0.05, 0) is 20.8 Å². The zero-order valence-corrected chi connectivity index (χ0v) is 10.2. The predicted molar refractivity (Wildman–Crippen MR) is 57.0 cm³/mol. The van der Waals surface area contributed by atoms with E-state index in [1.54, 1.807) is 14.2 Å². The van der Waals surface area contributed by atoms with Crippen LogP contribution in [0.25, 0.3) is 0 Å². The van der Waals surface area contributed by atoms with Gasteiger partial charge in [0.1, 0.15) is 18.3 Å². The SMILES string of the molecule is CCO[C@@H]1C(OC)[C@@H](OC)[C@H](C)O[C@H]1C. The largest absolute Gasteiger partial charge is 0.376 e. The number of ether oxygens (including phenoxy) is 4. The van der Waals surface area contributed by atoms with Gasteiger partial charge in [0.15, 0.2) is 0 Å². The van der Waals surface area contributed by atoms with Gasteiger partial charge in [0.05, 0.1) is 12.2 Å². The van der Waals surface area contributed by atoms with Gasteiger partial charge in [-0.3, -0.25) is 0 Å². The second kappa shape index (κ2) is 5.80. The van der Waals surface area contributed by atoms with Crippen molar-refractivity contribution in [3.8, 4) is 0 Å². The molecule has 4 heteroatoms. The Morgan fingerprint density at radius 2 is 1.47 bits per heavy atom. The minimum atomic E-state index is -0.0669. The standard InChI is InChI=1S/C11H22O4/c1-6-14-10-8(3)15-7(2)9(12-4)11(10)13-5/h7-11H,6H2,1-5H3/t7-,8-,9-,10-,11?/m0/s1. The molecule has 1 fully saturated rings. The monoisotopic (exact) mass is 218 g/mol. The molecule has 0 aliphatic carbocycles. The van der Waals surface area contributed by atoms with E-state index in [0.29, 0.717) is 6.61 Å². The molecule has 0 aromatic heterocycles. The van der Waals surface area contributed by atoms with Crippen LogP contribution in [0.3, 0.4) is 0 Å². The topological polar surface area (TPSA) is 36.9 Å². The molecule has 1 saturated heterocycles. The summed E-state index contributed by atoms with van der Waals surface area (Å²) in [7, 11) is 3.36. The van der Waals surface area contributed by atoms with Gasteiger partial charge in [0, 0.05) is 20.8 Å². The molecule has 1 heterocycles. The van der Waals surface area contributed by atoms with E-state index < -0.39 is 0 Å². The van der Waals surface area contributed by atoms with Crippen LogP contribution in [0.4, 0.5) is 0 Å². The highest BCUT2D eigenvalue weighted by molar-refractivity contribution is 4.91. The second-order valence-corrected chi connectivity index (χ2v) is 3.87. The van der Waals surface area contributed by atoms with Crippen LogP contribution in [0.15, 0.2) is 0 Å². The van der Waals surface area contributed by atoms with E-state index in [1.807, 2.05) is 20.8 Å². The van der Waals surface area contributed by atoms with E-state index in [-0.39, 0.29) is 30.5 Å². The maximum atomic E-state index is 5.76. The van der Waals surface area contributed by atoms with Crippen LogP contribution in [0.1, 0.15) is 20.8 Å².